The number of carboxylic acid groups (broad SMARTS) is 1. The number of aliphatic carboxylic acids is 1. The molecule has 0 radical (unpaired) electrons. The molecule has 104 valence electrons. The number of carbonyl (C=O) groups is 1. The van der Waals surface area contributed by atoms with Crippen LogP contribution in [0.25, 0.3) is 0 Å². The maximum Gasteiger partial charge on any atom is 0.325 e. The Hall–Kier alpha value is -0.610. The lowest BCUT2D eigenvalue weighted by molar-refractivity contribution is -0.147. The second kappa shape index (κ2) is 5.57. The number of hydrogen-bond acceptors (Lipinski definition) is 3. The van der Waals surface area contributed by atoms with E-state index in [0.717, 1.165) is 31.8 Å². The van der Waals surface area contributed by atoms with Crippen molar-refractivity contribution < 1.29 is 9.90 Å². The summed E-state index contributed by atoms with van der Waals surface area (Å²) in [5, 5.41) is 12.9. The van der Waals surface area contributed by atoms with E-state index >= 15 is 0 Å². The van der Waals surface area contributed by atoms with Gasteiger partial charge in [-0.3, -0.25) is 4.79 Å². The Kier molecular flexibility index (Phi) is 4.28. The standard InChI is InChI=1S/C14H26N2O2/c1-3-15-14(13(17)18,12-7-8-12)10-16(2)9-11-5-4-6-11/h11-12,15H,3-10H2,1-2H3,(H,17,18). The minimum absolute atomic E-state index is 0.318. The molecule has 2 saturated carbocycles. The molecule has 0 amide bonds. The molecule has 0 aromatic carbocycles. The van der Waals surface area contributed by atoms with Crippen LogP contribution in [0.2, 0.25) is 0 Å². The van der Waals surface area contributed by atoms with Gasteiger partial charge in [0.25, 0.3) is 0 Å². The Morgan fingerprint density at radius 1 is 1.39 bits per heavy atom. The van der Waals surface area contributed by atoms with Crippen LogP contribution in [0, 0.1) is 11.8 Å². The molecule has 0 aromatic rings. The zero-order chi connectivity index (χ0) is 13.2. The molecule has 0 heterocycles. The second-order valence-electron chi connectivity index (χ2n) is 6.07. The predicted octanol–water partition coefficient (Wildman–Crippen LogP) is 1.56. The Bertz CT molecular complexity index is 300. The van der Waals surface area contributed by atoms with Gasteiger partial charge in [-0.05, 0) is 51.1 Å². The lowest BCUT2D eigenvalue weighted by Gasteiger charge is -2.37. The molecular formula is C14H26N2O2. The summed E-state index contributed by atoms with van der Waals surface area (Å²) in [6, 6.07) is 0. The Morgan fingerprint density at radius 2 is 2.06 bits per heavy atom. The molecule has 2 aliphatic carbocycles. The highest BCUT2D eigenvalue weighted by Crippen LogP contribution is 2.40. The van der Waals surface area contributed by atoms with Crippen molar-refractivity contribution in [3.05, 3.63) is 0 Å². The van der Waals surface area contributed by atoms with E-state index in [9.17, 15) is 9.90 Å². The second-order valence-corrected chi connectivity index (χ2v) is 6.07. The molecular weight excluding hydrogens is 228 g/mol. The van der Waals surface area contributed by atoms with Gasteiger partial charge in [0.05, 0.1) is 0 Å². The third-order valence-corrected chi connectivity index (χ3v) is 4.46. The van der Waals surface area contributed by atoms with Gasteiger partial charge in [0.2, 0.25) is 0 Å². The van der Waals surface area contributed by atoms with Gasteiger partial charge in [0, 0.05) is 13.1 Å². The normalized spacial score (nSPS) is 23.7. The summed E-state index contributed by atoms with van der Waals surface area (Å²) in [4.78, 5) is 13.9. The van der Waals surface area contributed by atoms with Crippen molar-refractivity contribution in [2.45, 2.75) is 44.6 Å². The van der Waals surface area contributed by atoms with Crippen molar-refractivity contribution in [3.63, 3.8) is 0 Å². The van der Waals surface area contributed by atoms with Crippen LogP contribution in [0.3, 0.4) is 0 Å². The molecule has 0 aliphatic heterocycles. The summed E-state index contributed by atoms with van der Waals surface area (Å²) in [6.07, 6.45) is 6.08. The highest BCUT2D eigenvalue weighted by atomic mass is 16.4. The zero-order valence-corrected chi connectivity index (χ0v) is 11.6. The van der Waals surface area contributed by atoms with E-state index in [4.69, 9.17) is 0 Å². The van der Waals surface area contributed by atoms with Gasteiger partial charge in [0.15, 0.2) is 0 Å². The molecule has 2 fully saturated rings. The first-order valence-corrected chi connectivity index (χ1v) is 7.25. The van der Waals surface area contributed by atoms with Crippen LogP contribution in [0.5, 0.6) is 0 Å². The lowest BCUT2D eigenvalue weighted by atomic mass is 9.84. The van der Waals surface area contributed by atoms with Crippen molar-refractivity contribution in [2.75, 3.05) is 26.7 Å². The van der Waals surface area contributed by atoms with E-state index in [2.05, 4.69) is 17.3 Å². The fourth-order valence-electron chi connectivity index (χ4n) is 3.15. The van der Waals surface area contributed by atoms with E-state index in [0.29, 0.717) is 12.5 Å². The van der Waals surface area contributed by atoms with Gasteiger partial charge in [-0.2, -0.15) is 0 Å². The van der Waals surface area contributed by atoms with Crippen LogP contribution in [-0.4, -0.2) is 48.2 Å². The third-order valence-electron chi connectivity index (χ3n) is 4.46. The molecule has 0 saturated heterocycles. The predicted molar refractivity (Wildman–Crippen MR) is 71.6 cm³/mol. The summed E-state index contributed by atoms with van der Waals surface area (Å²) in [7, 11) is 2.07. The van der Waals surface area contributed by atoms with Crippen molar-refractivity contribution in [1.29, 1.82) is 0 Å². The van der Waals surface area contributed by atoms with Crippen LogP contribution in [0.1, 0.15) is 39.0 Å². The number of nitrogens with zero attached hydrogens (tertiary/aromatic N) is 1. The van der Waals surface area contributed by atoms with Crippen molar-refractivity contribution in [2.24, 2.45) is 11.8 Å². The number of nitrogens with one attached hydrogen (secondary N) is 1. The number of rotatable bonds is 8. The molecule has 18 heavy (non-hydrogen) atoms. The van der Waals surface area contributed by atoms with E-state index in [1.807, 2.05) is 6.92 Å². The lowest BCUT2D eigenvalue weighted by Crippen LogP contribution is -2.60. The van der Waals surface area contributed by atoms with Gasteiger partial charge in [0.1, 0.15) is 5.54 Å². The van der Waals surface area contributed by atoms with Crippen LogP contribution >= 0.6 is 0 Å². The van der Waals surface area contributed by atoms with Gasteiger partial charge < -0.3 is 15.3 Å². The van der Waals surface area contributed by atoms with Gasteiger partial charge in [-0.1, -0.05) is 13.3 Å². The first-order chi connectivity index (χ1) is 8.58. The molecule has 0 bridgehead atoms. The van der Waals surface area contributed by atoms with Crippen molar-refractivity contribution >= 4 is 5.97 Å². The van der Waals surface area contributed by atoms with Crippen LogP contribution in [0.4, 0.5) is 0 Å². The first-order valence-electron chi connectivity index (χ1n) is 7.25. The SMILES string of the molecule is CCNC(CN(C)CC1CCC1)(C(=O)O)C1CC1. The van der Waals surface area contributed by atoms with Crippen LogP contribution in [-0.2, 0) is 4.79 Å². The summed E-state index contributed by atoms with van der Waals surface area (Å²) < 4.78 is 0. The molecule has 1 atom stereocenters. The molecule has 0 aromatic heterocycles. The maximum atomic E-state index is 11.7. The number of likely N-dealkylation sites (N-methyl/N-ethyl adjacent to an activating group) is 2. The summed E-state index contributed by atoms with van der Waals surface area (Å²) in [5.41, 5.74) is -0.715. The maximum absolute atomic E-state index is 11.7. The van der Waals surface area contributed by atoms with E-state index in [1.165, 1.54) is 19.3 Å². The summed E-state index contributed by atoms with van der Waals surface area (Å²) >= 11 is 0. The summed E-state index contributed by atoms with van der Waals surface area (Å²) in [6.45, 7) is 4.40. The largest absolute Gasteiger partial charge is 0.480 e. The molecule has 2 aliphatic rings. The zero-order valence-electron chi connectivity index (χ0n) is 11.6. The minimum atomic E-state index is -0.715. The quantitative estimate of drug-likeness (QED) is 0.690. The Balaban J connectivity index is 1.96. The molecule has 4 nitrogen and oxygen atoms in total. The van der Waals surface area contributed by atoms with E-state index in [1.54, 1.807) is 0 Å². The van der Waals surface area contributed by atoms with Crippen molar-refractivity contribution in [1.82, 2.24) is 10.2 Å². The minimum Gasteiger partial charge on any atom is -0.480 e. The molecule has 0 spiro atoms. The molecule has 2 N–H and O–H groups in total. The van der Waals surface area contributed by atoms with E-state index < -0.39 is 11.5 Å². The van der Waals surface area contributed by atoms with Gasteiger partial charge in [-0.25, -0.2) is 0 Å². The fourth-order valence-corrected chi connectivity index (χ4v) is 3.15. The Morgan fingerprint density at radius 3 is 2.44 bits per heavy atom. The molecule has 4 heteroatoms. The van der Waals surface area contributed by atoms with E-state index in [-0.39, 0.29) is 0 Å². The Labute approximate surface area is 110 Å². The van der Waals surface area contributed by atoms with Crippen molar-refractivity contribution in [3.8, 4) is 0 Å². The van der Waals surface area contributed by atoms with Crippen LogP contribution in [0.15, 0.2) is 0 Å². The summed E-state index contributed by atoms with van der Waals surface area (Å²) in [5.74, 6) is 0.438. The topological polar surface area (TPSA) is 52.6 Å². The average Bonchev–Trinajstić information content (AvgIpc) is 3.06. The highest BCUT2D eigenvalue weighted by Gasteiger charge is 2.51. The average molecular weight is 254 g/mol. The third kappa shape index (κ3) is 2.86. The monoisotopic (exact) mass is 254 g/mol. The highest BCUT2D eigenvalue weighted by molar-refractivity contribution is 5.80. The number of hydrogen-bond donors (Lipinski definition) is 2. The number of carboxylic acids is 1. The fraction of sp³-hybridized carbons (Fsp3) is 0.929. The molecule has 1 unspecified atom stereocenters. The smallest absolute Gasteiger partial charge is 0.325 e. The van der Waals surface area contributed by atoms with Crippen LogP contribution < -0.4 is 5.32 Å². The first kappa shape index (κ1) is 13.8. The van der Waals surface area contributed by atoms with Gasteiger partial charge >= 0.3 is 5.97 Å². The van der Waals surface area contributed by atoms with Gasteiger partial charge in [-0.15, -0.1) is 0 Å². The molecule has 2 rings (SSSR count).